The Balaban J connectivity index is 1.72. The maximum Gasteiger partial charge on any atom is 0.410 e. The fourth-order valence-corrected chi connectivity index (χ4v) is 4.17. The van der Waals surface area contributed by atoms with Gasteiger partial charge in [0.1, 0.15) is 11.4 Å². The SMILES string of the molecule is CC(C)(C)OC(=O)N1CCN(c2ncc(C(N[S@@](=O)C(C)(C)C)c3ccc(F)cc3)cn2)CC1. The number of nitrogens with zero attached hydrogens (tertiary/aromatic N) is 4. The van der Waals surface area contributed by atoms with Crippen LogP contribution in [-0.2, 0) is 15.7 Å². The Kier molecular flexibility index (Phi) is 7.92. The first-order valence-electron chi connectivity index (χ1n) is 11.3. The molecule has 1 aromatic heterocycles. The summed E-state index contributed by atoms with van der Waals surface area (Å²) in [6, 6.07) is 5.62. The van der Waals surface area contributed by atoms with Crippen LogP contribution in [0.15, 0.2) is 36.7 Å². The lowest BCUT2D eigenvalue weighted by molar-refractivity contribution is 0.0240. The lowest BCUT2D eigenvalue weighted by atomic mass is 10.0. The van der Waals surface area contributed by atoms with Crippen LogP contribution >= 0.6 is 0 Å². The van der Waals surface area contributed by atoms with Crippen molar-refractivity contribution in [2.24, 2.45) is 0 Å². The zero-order chi connectivity index (χ0) is 25.1. The number of ether oxygens (including phenoxy) is 1. The average Bonchev–Trinajstić information content (AvgIpc) is 2.76. The predicted octanol–water partition coefficient (Wildman–Crippen LogP) is 3.81. The molecule has 2 heterocycles. The maximum absolute atomic E-state index is 13.5. The van der Waals surface area contributed by atoms with Crippen molar-refractivity contribution >= 4 is 23.0 Å². The van der Waals surface area contributed by atoms with Crippen LogP contribution in [0.2, 0.25) is 0 Å². The lowest BCUT2D eigenvalue weighted by Gasteiger charge is -2.35. The number of anilines is 1. The van der Waals surface area contributed by atoms with Crippen LogP contribution in [-0.4, -0.2) is 61.7 Å². The summed E-state index contributed by atoms with van der Waals surface area (Å²) in [6.07, 6.45) is 3.08. The smallest absolute Gasteiger partial charge is 0.410 e. The molecule has 10 heteroatoms. The van der Waals surface area contributed by atoms with Crippen molar-refractivity contribution in [1.29, 1.82) is 0 Å². The first kappa shape index (κ1) is 26.0. The van der Waals surface area contributed by atoms with Gasteiger partial charge in [0.15, 0.2) is 0 Å². The monoisotopic (exact) mass is 491 g/mol. The fourth-order valence-electron chi connectivity index (χ4n) is 3.33. The summed E-state index contributed by atoms with van der Waals surface area (Å²) in [5.41, 5.74) is 0.959. The number of aromatic nitrogens is 2. The van der Waals surface area contributed by atoms with Crippen molar-refractivity contribution in [2.45, 2.75) is 57.9 Å². The summed E-state index contributed by atoms with van der Waals surface area (Å²) in [5.74, 6) is 0.221. The van der Waals surface area contributed by atoms with Gasteiger partial charge in [-0.3, -0.25) is 0 Å². The van der Waals surface area contributed by atoms with Gasteiger partial charge in [0.05, 0.1) is 21.8 Å². The number of piperazine rings is 1. The minimum absolute atomic E-state index is 0.316. The molecule has 0 saturated carbocycles. The van der Waals surface area contributed by atoms with Crippen LogP contribution in [0.1, 0.15) is 58.7 Å². The number of hydrogen-bond donors (Lipinski definition) is 1. The van der Waals surface area contributed by atoms with Gasteiger partial charge in [-0.15, -0.1) is 0 Å². The Hall–Kier alpha value is -2.59. The molecule has 34 heavy (non-hydrogen) atoms. The van der Waals surface area contributed by atoms with Gasteiger partial charge in [-0.1, -0.05) is 12.1 Å². The normalized spacial score (nSPS) is 16.8. The highest BCUT2D eigenvalue weighted by Gasteiger charge is 2.28. The van der Waals surface area contributed by atoms with E-state index in [4.69, 9.17) is 4.74 Å². The third kappa shape index (κ3) is 6.96. The van der Waals surface area contributed by atoms with Crippen molar-refractivity contribution in [3.8, 4) is 0 Å². The average molecular weight is 492 g/mol. The maximum atomic E-state index is 13.5. The summed E-state index contributed by atoms with van der Waals surface area (Å²) in [5, 5.41) is 0. The molecule has 0 bridgehead atoms. The van der Waals surface area contributed by atoms with Gasteiger partial charge in [-0.2, -0.15) is 0 Å². The highest BCUT2D eigenvalue weighted by atomic mass is 32.2. The first-order chi connectivity index (χ1) is 15.8. The predicted molar refractivity (Wildman–Crippen MR) is 131 cm³/mol. The molecule has 186 valence electrons. The molecule has 1 fully saturated rings. The minimum Gasteiger partial charge on any atom is -0.444 e. The third-order valence-corrected chi connectivity index (χ3v) is 6.75. The van der Waals surface area contributed by atoms with Crippen LogP contribution in [0.4, 0.5) is 15.1 Å². The molecule has 1 unspecified atom stereocenters. The van der Waals surface area contributed by atoms with E-state index in [0.717, 1.165) is 11.1 Å². The van der Waals surface area contributed by atoms with E-state index in [2.05, 4.69) is 14.7 Å². The highest BCUT2D eigenvalue weighted by Crippen LogP contribution is 2.25. The van der Waals surface area contributed by atoms with Gasteiger partial charge in [-0.05, 0) is 59.2 Å². The molecule has 1 aromatic carbocycles. The quantitative estimate of drug-likeness (QED) is 0.684. The van der Waals surface area contributed by atoms with E-state index in [1.807, 2.05) is 46.4 Å². The number of benzene rings is 1. The number of hydrogen-bond acceptors (Lipinski definition) is 6. The molecule has 1 N–H and O–H groups in total. The largest absolute Gasteiger partial charge is 0.444 e. The standard InChI is InChI=1S/C24H34FN5O3S/c1-23(2,3)33-22(31)30-13-11-29(12-14-30)21-26-15-18(16-27-21)20(28-34(32)24(4,5)6)17-7-9-19(25)10-8-17/h7-10,15-16,20,28H,11-14H2,1-6H3/t20?,34-/m0/s1. The van der Waals surface area contributed by atoms with Gasteiger partial charge in [0, 0.05) is 44.1 Å². The van der Waals surface area contributed by atoms with Crippen molar-refractivity contribution in [2.75, 3.05) is 31.1 Å². The molecule has 3 rings (SSSR count). The summed E-state index contributed by atoms with van der Waals surface area (Å²) in [6.45, 7) is 13.4. The van der Waals surface area contributed by atoms with E-state index in [1.165, 1.54) is 12.1 Å². The van der Waals surface area contributed by atoms with E-state index in [-0.39, 0.29) is 11.9 Å². The highest BCUT2D eigenvalue weighted by molar-refractivity contribution is 7.84. The third-order valence-electron chi connectivity index (χ3n) is 5.19. The second kappa shape index (κ2) is 10.4. The molecule has 2 atom stereocenters. The van der Waals surface area contributed by atoms with Gasteiger partial charge < -0.3 is 14.5 Å². The Morgan fingerprint density at radius 2 is 1.56 bits per heavy atom. The van der Waals surface area contributed by atoms with E-state index in [1.54, 1.807) is 29.4 Å². The molecule has 1 aliphatic heterocycles. The van der Waals surface area contributed by atoms with E-state index >= 15 is 0 Å². The van der Waals surface area contributed by atoms with Crippen LogP contribution < -0.4 is 9.62 Å². The number of halogens is 1. The number of rotatable bonds is 5. The van der Waals surface area contributed by atoms with Crippen LogP contribution in [0, 0.1) is 5.82 Å². The van der Waals surface area contributed by atoms with Crippen LogP contribution in [0.25, 0.3) is 0 Å². The molecule has 0 aliphatic carbocycles. The summed E-state index contributed by atoms with van der Waals surface area (Å²) in [7, 11) is -1.36. The molecular weight excluding hydrogens is 457 g/mol. The lowest BCUT2D eigenvalue weighted by Crippen LogP contribution is -2.50. The van der Waals surface area contributed by atoms with Crippen molar-refractivity contribution in [3.05, 3.63) is 53.6 Å². The molecule has 1 aliphatic rings. The molecule has 2 aromatic rings. The Morgan fingerprint density at radius 3 is 2.06 bits per heavy atom. The van der Waals surface area contributed by atoms with Crippen LogP contribution in [0.5, 0.6) is 0 Å². The topological polar surface area (TPSA) is 87.7 Å². The first-order valence-corrected chi connectivity index (χ1v) is 12.5. The number of carbonyl (C=O) groups excluding carboxylic acids is 1. The Labute approximate surface area is 203 Å². The van der Waals surface area contributed by atoms with Gasteiger partial charge >= 0.3 is 6.09 Å². The van der Waals surface area contributed by atoms with Crippen molar-refractivity contribution in [3.63, 3.8) is 0 Å². The second-order valence-electron chi connectivity index (χ2n) is 10.3. The molecular formula is C24H34FN5O3S. The van der Waals surface area contributed by atoms with Crippen molar-refractivity contribution in [1.82, 2.24) is 19.6 Å². The fraction of sp³-hybridized carbons (Fsp3) is 0.542. The molecule has 1 amide bonds. The van der Waals surface area contributed by atoms with Crippen molar-refractivity contribution < 1.29 is 18.1 Å². The van der Waals surface area contributed by atoms with Gasteiger partial charge in [0.25, 0.3) is 0 Å². The van der Waals surface area contributed by atoms with E-state index in [0.29, 0.717) is 32.1 Å². The minimum atomic E-state index is -1.36. The van der Waals surface area contributed by atoms with Crippen LogP contribution in [0.3, 0.4) is 0 Å². The van der Waals surface area contributed by atoms with E-state index < -0.39 is 27.4 Å². The zero-order valence-electron chi connectivity index (χ0n) is 20.7. The van der Waals surface area contributed by atoms with Gasteiger partial charge in [-0.25, -0.2) is 28.1 Å². The number of nitrogens with one attached hydrogen (secondary N) is 1. The second-order valence-corrected chi connectivity index (χ2v) is 12.3. The zero-order valence-corrected chi connectivity index (χ0v) is 21.5. The molecule has 1 saturated heterocycles. The molecule has 0 spiro atoms. The summed E-state index contributed by atoms with van der Waals surface area (Å²) >= 11 is 0. The molecule has 0 radical (unpaired) electrons. The van der Waals surface area contributed by atoms with E-state index in [9.17, 15) is 13.4 Å². The Bertz CT molecular complexity index is 995. The summed E-state index contributed by atoms with van der Waals surface area (Å²) < 4.78 is 34.4. The van der Waals surface area contributed by atoms with Gasteiger partial charge in [0.2, 0.25) is 5.95 Å². The summed E-state index contributed by atoms with van der Waals surface area (Å²) in [4.78, 5) is 25.1. The molecule has 8 nitrogen and oxygen atoms in total. The number of amides is 1. The number of carbonyl (C=O) groups is 1. The Morgan fingerprint density at radius 1 is 1.00 bits per heavy atom.